The molecule has 104 valence electrons. The summed E-state index contributed by atoms with van der Waals surface area (Å²) in [5, 5.41) is 3.58. The summed E-state index contributed by atoms with van der Waals surface area (Å²) in [4.78, 5) is 0.521. The number of benzene rings is 1. The zero-order valence-electron chi connectivity index (χ0n) is 11.1. The second-order valence-electron chi connectivity index (χ2n) is 5.47. The van der Waals surface area contributed by atoms with E-state index < -0.39 is 9.84 Å². The van der Waals surface area contributed by atoms with E-state index in [-0.39, 0.29) is 11.8 Å². The van der Waals surface area contributed by atoms with Crippen molar-refractivity contribution in [3.05, 3.63) is 29.8 Å². The molecule has 1 N–H and O–H groups in total. The first-order valence-electron chi connectivity index (χ1n) is 6.67. The summed E-state index contributed by atoms with van der Waals surface area (Å²) in [5.41, 5.74) is 0.950. The van der Waals surface area contributed by atoms with E-state index >= 15 is 0 Å². The minimum absolute atomic E-state index is 0.185. The molecule has 0 spiro atoms. The van der Waals surface area contributed by atoms with Gasteiger partial charge >= 0.3 is 0 Å². The molecule has 2 aliphatic rings. The lowest BCUT2D eigenvalue weighted by Gasteiger charge is -2.28. The molecular formula is C14H19NO2S2. The first kappa shape index (κ1) is 13.5. The van der Waals surface area contributed by atoms with Crippen LogP contribution in [0.1, 0.15) is 30.9 Å². The molecule has 1 aliphatic heterocycles. The van der Waals surface area contributed by atoms with Gasteiger partial charge in [-0.2, -0.15) is 11.8 Å². The van der Waals surface area contributed by atoms with Crippen molar-refractivity contribution in [2.45, 2.75) is 34.9 Å². The summed E-state index contributed by atoms with van der Waals surface area (Å²) in [6.07, 6.45) is 5.39. The number of fused-ring (bicyclic) bond motifs is 1. The van der Waals surface area contributed by atoms with E-state index in [4.69, 9.17) is 0 Å². The summed E-state index contributed by atoms with van der Waals surface area (Å²) in [7, 11) is -3.06. The van der Waals surface area contributed by atoms with Gasteiger partial charge in [-0.15, -0.1) is 0 Å². The van der Waals surface area contributed by atoms with Crippen LogP contribution in [-0.2, 0) is 9.84 Å². The van der Waals surface area contributed by atoms with Gasteiger partial charge in [-0.3, -0.25) is 0 Å². The second-order valence-corrected chi connectivity index (χ2v) is 8.82. The van der Waals surface area contributed by atoms with Gasteiger partial charge in [0.25, 0.3) is 0 Å². The molecule has 3 nitrogen and oxygen atoms in total. The predicted octanol–water partition coefficient (Wildman–Crippen LogP) is 2.39. The van der Waals surface area contributed by atoms with Crippen LogP contribution in [0.4, 0.5) is 0 Å². The minimum atomic E-state index is -3.06. The Morgan fingerprint density at radius 2 is 2.11 bits per heavy atom. The van der Waals surface area contributed by atoms with Crippen molar-refractivity contribution in [1.82, 2.24) is 5.32 Å². The van der Waals surface area contributed by atoms with Crippen LogP contribution in [0.3, 0.4) is 0 Å². The summed E-state index contributed by atoms with van der Waals surface area (Å²) in [5.74, 6) is 0.258. The Labute approximate surface area is 119 Å². The Balaban J connectivity index is 1.81. The number of nitrogens with one attached hydrogen (secondary N) is 1. The maximum Gasteiger partial charge on any atom is 0.178 e. The molecule has 1 saturated carbocycles. The van der Waals surface area contributed by atoms with E-state index in [1.165, 1.54) is 12.8 Å². The van der Waals surface area contributed by atoms with Crippen molar-refractivity contribution < 1.29 is 8.42 Å². The molecule has 0 aromatic heterocycles. The smallest absolute Gasteiger partial charge is 0.178 e. The summed E-state index contributed by atoms with van der Waals surface area (Å²) in [6, 6.07) is 7.60. The van der Waals surface area contributed by atoms with Crippen LogP contribution in [0.25, 0.3) is 0 Å². The summed E-state index contributed by atoms with van der Waals surface area (Å²) in [6.45, 7) is 0.979. The largest absolute Gasteiger partial charge is 0.308 e. The third-order valence-corrected chi connectivity index (χ3v) is 7.45. The Morgan fingerprint density at radius 3 is 2.79 bits per heavy atom. The first-order chi connectivity index (χ1) is 9.06. The van der Waals surface area contributed by atoms with Crippen molar-refractivity contribution in [3.8, 4) is 0 Å². The maximum absolute atomic E-state index is 12.1. The van der Waals surface area contributed by atoms with Gasteiger partial charge in [0.1, 0.15) is 0 Å². The van der Waals surface area contributed by atoms with Gasteiger partial charge < -0.3 is 5.32 Å². The average Bonchev–Trinajstić information content (AvgIpc) is 3.19. The molecule has 1 aromatic rings. The fraction of sp³-hybridized carbons (Fsp3) is 0.571. The lowest BCUT2D eigenvalue weighted by Crippen LogP contribution is -2.34. The molecule has 0 saturated heterocycles. The molecule has 3 rings (SSSR count). The molecule has 5 heteroatoms. The van der Waals surface area contributed by atoms with Gasteiger partial charge in [0, 0.05) is 17.3 Å². The predicted molar refractivity (Wildman–Crippen MR) is 79.3 cm³/mol. The monoisotopic (exact) mass is 297 g/mol. The Hall–Kier alpha value is -0.520. The van der Waals surface area contributed by atoms with Gasteiger partial charge in [0.05, 0.1) is 10.6 Å². The number of hydrogen-bond donors (Lipinski definition) is 1. The van der Waals surface area contributed by atoms with E-state index in [0.29, 0.717) is 16.1 Å². The SMILES string of the molecule is CSC1(CNC2CCS(=O)(=O)c3ccccc32)CC1. The first-order valence-corrected chi connectivity index (χ1v) is 9.54. The molecule has 0 bridgehead atoms. The third kappa shape index (κ3) is 2.56. The zero-order chi connectivity index (χ0) is 13.5. The summed E-state index contributed by atoms with van der Waals surface area (Å²) >= 11 is 1.93. The van der Waals surface area contributed by atoms with Gasteiger partial charge in [-0.05, 0) is 37.1 Å². The highest BCUT2D eigenvalue weighted by Crippen LogP contribution is 2.47. The number of rotatable bonds is 4. The van der Waals surface area contributed by atoms with E-state index in [1.54, 1.807) is 6.07 Å². The quantitative estimate of drug-likeness (QED) is 0.927. The molecule has 1 heterocycles. The highest BCUT2D eigenvalue weighted by atomic mass is 32.2. The molecule has 1 aliphatic carbocycles. The van der Waals surface area contributed by atoms with Crippen LogP contribution < -0.4 is 5.32 Å². The van der Waals surface area contributed by atoms with Crippen molar-refractivity contribution >= 4 is 21.6 Å². The van der Waals surface area contributed by atoms with E-state index in [1.807, 2.05) is 30.0 Å². The highest BCUT2D eigenvalue weighted by Gasteiger charge is 2.42. The van der Waals surface area contributed by atoms with Crippen molar-refractivity contribution in [2.24, 2.45) is 0 Å². The van der Waals surface area contributed by atoms with Crippen molar-refractivity contribution in [3.63, 3.8) is 0 Å². The second kappa shape index (κ2) is 4.79. The number of hydrogen-bond acceptors (Lipinski definition) is 4. The molecule has 0 amide bonds. The normalized spacial score (nSPS) is 26.7. The Bertz CT molecular complexity index is 579. The Morgan fingerprint density at radius 1 is 1.37 bits per heavy atom. The molecule has 1 atom stereocenters. The van der Waals surface area contributed by atoms with E-state index in [2.05, 4.69) is 11.6 Å². The van der Waals surface area contributed by atoms with Crippen LogP contribution in [-0.4, -0.2) is 31.7 Å². The van der Waals surface area contributed by atoms with Gasteiger partial charge in [0.2, 0.25) is 0 Å². The van der Waals surface area contributed by atoms with Crippen LogP contribution >= 0.6 is 11.8 Å². The fourth-order valence-electron chi connectivity index (χ4n) is 2.70. The van der Waals surface area contributed by atoms with Crippen molar-refractivity contribution in [1.29, 1.82) is 0 Å². The standard InChI is InChI=1S/C14H19NO2S2/c1-18-14(7-8-14)10-15-12-6-9-19(16,17)13-5-3-2-4-11(12)13/h2-5,12,15H,6-10H2,1H3. The molecule has 0 radical (unpaired) electrons. The maximum atomic E-state index is 12.1. The van der Waals surface area contributed by atoms with Crippen LogP contribution in [0.15, 0.2) is 29.2 Å². The third-order valence-electron chi connectivity index (χ3n) is 4.22. The fourth-order valence-corrected chi connectivity index (χ4v) is 5.06. The van der Waals surface area contributed by atoms with Crippen LogP contribution in [0.5, 0.6) is 0 Å². The molecule has 1 fully saturated rings. The number of thioether (sulfide) groups is 1. The van der Waals surface area contributed by atoms with Crippen LogP contribution in [0, 0.1) is 0 Å². The summed E-state index contributed by atoms with van der Waals surface area (Å²) < 4.78 is 24.5. The lowest BCUT2D eigenvalue weighted by molar-refractivity contribution is 0.488. The lowest BCUT2D eigenvalue weighted by atomic mass is 10.0. The highest BCUT2D eigenvalue weighted by molar-refractivity contribution is 8.00. The number of sulfone groups is 1. The molecule has 1 aromatic carbocycles. The van der Waals surface area contributed by atoms with E-state index in [0.717, 1.165) is 12.1 Å². The minimum Gasteiger partial charge on any atom is -0.308 e. The van der Waals surface area contributed by atoms with Gasteiger partial charge in [-0.1, -0.05) is 18.2 Å². The molecular weight excluding hydrogens is 278 g/mol. The molecule has 19 heavy (non-hydrogen) atoms. The van der Waals surface area contributed by atoms with Gasteiger partial charge in [0.15, 0.2) is 9.84 Å². The van der Waals surface area contributed by atoms with Crippen LogP contribution in [0.2, 0.25) is 0 Å². The zero-order valence-corrected chi connectivity index (χ0v) is 12.7. The Kier molecular flexibility index (Phi) is 3.39. The van der Waals surface area contributed by atoms with Gasteiger partial charge in [-0.25, -0.2) is 8.42 Å². The average molecular weight is 297 g/mol. The molecule has 1 unspecified atom stereocenters. The van der Waals surface area contributed by atoms with Crippen molar-refractivity contribution in [2.75, 3.05) is 18.6 Å². The van der Waals surface area contributed by atoms with E-state index in [9.17, 15) is 8.42 Å². The topological polar surface area (TPSA) is 46.2 Å².